The van der Waals surface area contributed by atoms with Crippen LogP contribution in [0, 0.1) is 0 Å². The van der Waals surface area contributed by atoms with Crippen LogP contribution in [-0.2, 0) is 39.4 Å². The van der Waals surface area contributed by atoms with Gasteiger partial charge < -0.3 is 20.4 Å². The fourth-order valence-corrected chi connectivity index (χ4v) is 3.74. The summed E-state index contributed by atoms with van der Waals surface area (Å²) >= 11 is 0. The van der Waals surface area contributed by atoms with Gasteiger partial charge in [-0.2, -0.15) is 16.8 Å². The van der Waals surface area contributed by atoms with Gasteiger partial charge in [0.25, 0.3) is 20.2 Å². The van der Waals surface area contributed by atoms with Gasteiger partial charge in [-0.1, -0.05) is 13.8 Å². The van der Waals surface area contributed by atoms with Crippen molar-refractivity contribution >= 4 is 73.7 Å². The predicted octanol–water partition coefficient (Wildman–Crippen LogP) is -1.22. The van der Waals surface area contributed by atoms with Crippen LogP contribution in [0.3, 0.4) is 0 Å². The van der Waals surface area contributed by atoms with Gasteiger partial charge in [-0.15, -0.1) is 0 Å². The second-order valence-corrected chi connectivity index (χ2v) is 8.86. The van der Waals surface area contributed by atoms with Crippen molar-refractivity contribution in [2.24, 2.45) is 0 Å². The number of rotatable bonds is 10. The Bertz CT molecular complexity index is 763. The van der Waals surface area contributed by atoms with Crippen LogP contribution in [-0.4, -0.2) is 109 Å². The molecule has 1 radical (unpaired) electrons. The summed E-state index contributed by atoms with van der Waals surface area (Å²) in [6.45, 7) is 2.34. The number of carboxylic acid groups (broad SMARTS) is 4. The van der Waals surface area contributed by atoms with Crippen molar-refractivity contribution < 1.29 is 65.5 Å². The second kappa shape index (κ2) is 11.8. The van der Waals surface area contributed by atoms with Gasteiger partial charge in [-0.3, -0.25) is 28.3 Å². The van der Waals surface area contributed by atoms with E-state index in [1.54, 1.807) is 0 Å². The molecule has 14 nitrogen and oxygen atoms in total. The Morgan fingerprint density at radius 1 is 0.655 bits per heavy atom. The van der Waals surface area contributed by atoms with E-state index in [-0.39, 0.29) is 29.6 Å². The average molecular weight is 475 g/mol. The van der Waals surface area contributed by atoms with E-state index in [9.17, 15) is 36.0 Å². The van der Waals surface area contributed by atoms with Gasteiger partial charge in [0.15, 0.2) is 0 Å². The van der Waals surface area contributed by atoms with Crippen molar-refractivity contribution in [2.75, 3.05) is 0 Å². The van der Waals surface area contributed by atoms with Crippen LogP contribution in [0.1, 0.15) is 39.5 Å². The molecule has 29 heavy (non-hydrogen) atoms. The first kappa shape index (κ1) is 32.4. The Kier molecular flexibility index (Phi) is 13.1. The van der Waals surface area contributed by atoms with Crippen LogP contribution in [0.5, 0.6) is 0 Å². The van der Waals surface area contributed by atoms with Gasteiger partial charge in [0.2, 0.25) is 9.49 Å². The van der Waals surface area contributed by atoms with E-state index < -0.39 is 79.3 Å². The molecule has 2 atom stereocenters. The zero-order valence-electron chi connectivity index (χ0n) is 15.6. The number of carboxylic acids is 4. The Morgan fingerprint density at radius 2 is 0.862 bits per heavy atom. The molecule has 0 fully saturated rings. The molecule has 0 aliphatic heterocycles. The van der Waals surface area contributed by atoms with Crippen molar-refractivity contribution in [2.45, 2.75) is 49.0 Å². The zero-order valence-corrected chi connectivity index (χ0v) is 19.2. The van der Waals surface area contributed by atoms with Crippen molar-refractivity contribution in [1.82, 2.24) is 0 Å². The molecule has 0 spiro atoms. The minimum atomic E-state index is -4.95. The van der Waals surface area contributed by atoms with Crippen LogP contribution >= 0.6 is 0 Å². The van der Waals surface area contributed by atoms with E-state index in [1.807, 2.05) is 0 Å². The minimum absolute atomic E-state index is 0. The maximum Gasteiger partial charge on any atom is 0.328 e. The number of hydrogen-bond donors (Lipinski definition) is 6. The number of hydrogen-bond acceptors (Lipinski definition) is 8. The third kappa shape index (κ3) is 8.15. The molecule has 0 heterocycles. The molecule has 0 aliphatic carbocycles. The SMILES string of the molecule is CCC(CC(=O)O)(C(=O)O)S(=O)(=O)O.CCC(CC(=O)O)(C(=O)O)S(=O)(=O)O.[Na]. The molecule has 0 saturated heterocycles. The van der Waals surface area contributed by atoms with Crippen LogP contribution < -0.4 is 0 Å². The van der Waals surface area contributed by atoms with Gasteiger partial charge in [0.05, 0.1) is 12.8 Å². The van der Waals surface area contributed by atoms with Crippen molar-refractivity contribution in [3.63, 3.8) is 0 Å². The molecule has 6 N–H and O–H groups in total. The van der Waals surface area contributed by atoms with Gasteiger partial charge in [0.1, 0.15) is 0 Å². The Hall–Kier alpha value is -1.30. The first-order valence-corrected chi connectivity index (χ1v) is 10.1. The summed E-state index contributed by atoms with van der Waals surface area (Å²) in [5, 5.41) is 33.9. The minimum Gasteiger partial charge on any atom is -0.481 e. The molecule has 0 saturated carbocycles. The first-order valence-electron chi connectivity index (χ1n) is 7.19. The second-order valence-electron chi connectivity index (χ2n) is 5.40. The third-order valence-corrected chi connectivity index (χ3v) is 6.97. The van der Waals surface area contributed by atoms with Crippen LogP contribution in [0.15, 0.2) is 0 Å². The molecule has 0 aromatic rings. The average Bonchev–Trinajstić information content (AvgIpc) is 2.47. The summed E-state index contributed by atoms with van der Waals surface area (Å²) in [4.78, 5) is 41.8. The molecule has 0 bridgehead atoms. The fraction of sp³-hybridized carbons (Fsp3) is 0.667. The molecule has 17 heteroatoms. The molecule has 0 rings (SSSR count). The normalized spacial score (nSPS) is 15.3. The standard InChI is InChI=1S/2C6H10O7S.Na/c2*1-2-6(5(9)10,3-4(7)8)14(11,12)13;/h2*2-3H2,1H3,(H,7,8)(H,9,10)(H,11,12,13);. The maximum absolute atomic E-state index is 10.8. The Balaban J connectivity index is -0.000000451. The van der Waals surface area contributed by atoms with E-state index in [2.05, 4.69) is 0 Å². The largest absolute Gasteiger partial charge is 0.481 e. The van der Waals surface area contributed by atoms with Crippen LogP contribution in [0.25, 0.3) is 0 Å². The fourth-order valence-electron chi connectivity index (χ4n) is 1.96. The molecule has 0 aliphatic rings. The number of aliphatic carboxylic acids is 4. The molecule has 0 amide bonds. The van der Waals surface area contributed by atoms with E-state index in [4.69, 9.17) is 29.5 Å². The zero-order chi connectivity index (χ0) is 23.1. The van der Waals surface area contributed by atoms with E-state index in [0.29, 0.717) is 0 Å². The third-order valence-electron chi connectivity index (χ3n) is 3.78. The molecular formula is C12H20NaO14S2. The van der Waals surface area contributed by atoms with Gasteiger partial charge in [0, 0.05) is 29.6 Å². The summed E-state index contributed by atoms with van der Waals surface area (Å²) < 4.78 is 55.1. The topological polar surface area (TPSA) is 258 Å². The van der Waals surface area contributed by atoms with Crippen molar-refractivity contribution in [3.05, 3.63) is 0 Å². The number of carbonyl (C=O) groups is 4. The van der Waals surface area contributed by atoms with Crippen LogP contribution in [0.4, 0.5) is 0 Å². The predicted molar refractivity (Wildman–Crippen MR) is 94.7 cm³/mol. The van der Waals surface area contributed by atoms with Gasteiger partial charge in [-0.05, 0) is 12.8 Å². The van der Waals surface area contributed by atoms with Gasteiger partial charge >= 0.3 is 23.9 Å². The summed E-state index contributed by atoms with van der Waals surface area (Å²) in [6.07, 6.45) is -3.38. The van der Waals surface area contributed by atoms with E-state index >= 15 is 0 Å². The van der Waals surface area contributed by atoms with Gasteiger partial charge in [-0.25, -0.2) is 0 Å². The van der Waals surface area contributed by atoms with Crippen molar-refractivity contribution in [3.8, 4) is 0 Å². The Morgan fingerprint density at radius 3 is 0.897 bits per heavy atom. The quantitative estimate of drug-likeness (QED) is 0.160. The summed E-state index contributed by atoms with van der Waals surface area (Å²) in [6, 6.07) is 0. The van der Waals surface area contributed by atoms with Crippen LogP contribution in [0.2, 0.25) is 0 Å². The molecular weight excluding hydrogens is 455 g/mol. The maximum atomic E-state index is 10.8. The molecule has 2 unspecified atom stereocenters. The molecule has 0 aromatic heterocycles. The van der Waals surface area contributed by atoms with E-state index in [0.717, 1.165) is 0 Å². The molecule has 0 aromatic carbocycles. The summed E-state index contributed by atoms with van der Waals surface area (Å²) in [5.41, 5.74) is 0. The van der Waals surface area contributed by atoms with E-state index in [1.165, 1.54) is 13.8 Å². The van der Waals surface area contributed by atoms with Crippen molar-refractivity contribution in [1.29, 1.82) is 0 Å². The smallest absolute Gasteiger partial charge is 0.328 e. The summed E-state index contributed by atoms with van der Waals surface area (Å²) in [7, 11) is -9.90. The first-order chi connectivity index (χ1) is 12.3. The molecule has 165 valence electrons. The summed E-state index contributed by atoms with van der Waals surface area (Å²) in [5.74, 6) is -6.95. The monoisotopic (exact) mass is 475 g/mol. The Labute approximate surface area is 187 Å².